The van der Waals surface area contributed by atoms with E-state index in [-0.39, 0.29) is 23.9 Å². The van der Waals surface area contributed by atoms with Gasteiger partial charge in [-0.3, -0.25) is 4.79 Å². The summed E-state index contributed by atoms with van der Waals surface area (Å²) in [6.45, 7) is 3.45. The number of nitrogens with zero attached hydrogens (tertiary/aromatic N) is 1. The first-order valence-electron chi connectivity index (χ1n) is 9.01. The topological polar surface area (TPSA) is 48.0 Å². The zero-order valence-corrected chi connectivity index (χ0v) is 14.9. The van der Waals surface area contributed by atoms with Crippen LogP contribution < -0.4 is 9.64 Å². The summed E-state index contributed by atoms with van der Waals surface area (Å²) >= 11 is 0. The van der Waals surface area contributed by atoms with E-state index in [2.05, 4.69) is 0 Å². The third-order valence-corrected chi connectivity index (χ3v) is 4.93. The number of anilines is 1. The highest BCUT2D eigenvalue weighted by Gasteiger charge is 2.29. The molecule has 2 atom stereocenters. The molecule has 1 saturated heterocycles. The molecule has 1 fully saturated rings. The minimum atomic E-state index is -0.393. The molecule has 6 heteroatoms. The molecule has 0 spiro atoms. The number of benzene rings is 1. The summed E-state index contributed by atoms with van der Waals surface area (Å²) in [5, 5.41) is 0. The molecule has 2 aliphatic heterocycles. The Morgan fingerprint density at radius 2 is 2.16 bits per heavy atom. The van der Waals surface area contributed by atoms with E-state index in [4.69, 9.17) is 14.2 Å². The van der Waals surface area contributed by atoms with E-state index >= 15 is 0 Å². The summed E-state index contributed by atoms with van der Waals surface area (Å²) in [5.41, 5.74) is 1.56. The fourth-order valence-corrected chi connectivity index (χ4v) is 3.42. The molecule has 1 aromatic carbocycles. The molecule has 5 nitrogen and oxygen atoms in total. The summed E-state index contributed by atoms with van der Waals surface area (Å²) in [5.74, 6) is -0.300. The molecule has 3 rings (SSSR count). The lowest BCUT2D eigenvalue weighted by molar-refractivity contribution is -0.161. The summed E-state index contributed by atoms with van der Waals surface area (Å²) in [6, 6.07) is 3.11. The minimum Gasteiger partial charge on any atom is -0.494 e. The Bertz CT molecular complexity index is 616. The van der Waals surface area contributed by atoms with Gasteiger partial charge < -0.3 is 19.1 Å². The summed E-state index contributed by atoms with van der Waals surface area (Å²) < 4.78 is 30.5. The number of halogens is 1. The fourth-order valence-electron chi connectivity index (χ4n) is 3.42. The molecular weight excluding hydrogens is 325 g/mol. The molecule has 2 aliphatic rings. The average Bonchev–Trinajstić information content (AvgIpc) is 2.74. The van der Waals surface area contributed by atoms with Gasteiger partial charge in [0.2, 0.25) is 5.91 Å². The van der Waals surface area contributed by atoms with E-state index in [1.165, 1.54) is 13.2 Å². The van der Waals surface area contributed by atoms with Gasteiger partial charge in [-0.15, -0.1) is 0 Å². The first kappa shape index (κ1) is 18.1. The molecule has 0 aromatic heterocycles. The Kier molecular flexibility index (Phi) is 5.91. The summed E-state index contributed by atoms with van der Waals surface area (Å²) in [4.78, 5) is 14.5. The number of aryl methyl sites for hydroxylation is 1. The highest BCUT2D eigenvalue weighted by Crippen LogP contribution is 2.34. The van der Waals surface area contributed by atoms with Crippen molar-refractivity contribution in [1.82, 2.24) is 0 Å². The molecule has 0 bridgehead atoms. The minimum absolute atomic E-state index is 0.0422. The van der Waals surface area contributed by atoms with Crippen molar-refractivity contribution >= 4 is 11.6 Å². The Morgan fingerprint density at radius 1 is 1.32 bits per heavy atom. The number of rotatable bonds is 5. The average molecular weight is 351 g/mol. The monoisotopic (exact) mass is 351 g/mol. The van der Waals surface area contributed by atoms with Gasteiger partial charge in [0.25, 0.3) is 0 Å². The van der Waals surface area contributed by atoms with Gasteiger partial charge in [-0.2, -0.15) is 0 Å². The van der Waals surface area contributed by atoms with Crippen LogP contribution in [0, 0.1) is 11.7 Å². The lowest BCUT2D eigenvalue weighted by atomic mass is 10.0. The van der Waals surface area contributed by atoms with E-state index in [0.717, 1.165) is 37.1 Å². The Labute approximate surface area is 148 Å². The van der Waals surface area contributed by atoms with Crippen LogP contribution >= 0.6 is 0 Å². The zero-order chi connectivity index (χ0) is 17.8. The van der Waals surface area contributed by atoms with Crippen LogP contribution in [0.1, 0.15) is 38.2 Å². The van der Waals surface area contributed by atoms with Crippen LogP contribution in [0.2, 0.25) is 0 Å². The third kappa shape index (κ3) is 4.12. The second-order valence-corrected chi connectivity index (χ2v) is 6.71. The number of hydrogen-bond donors (Lipinski definition) is 0. The van der Waals surface area contributed by atoms with Crippen LogP contribution in [-0.4, -0.2) is 39.1 Å². The molecule has 25 heavy (non-hydrogen) atoms. The number of methoxy groups -OCH3 is 1. The highest BCUT2D eigenvalue weighted by molar-refractivity contribution is 5.96. The molecule has 1 amide bonds. The third-order valence-electron chi connectivity index (χ3n) is 4.93. The van der Waals surface area contributed by atoms with Crippen molar-refractivity contribution in [2.24, 2.45) is 5.92 Å². The van der Waals surface area contributed by atoms with Crippen LogP contribution in [0.5, 0.6) is 5.75 Å². The molecule has 2 heterocycles. The first-order valence-corrected chi connectivity index (χ1v) is 9.01. The van der Waals surface area contributed by atoms with Gasteiger partial charge in [0, 0.05) is 25.1 Å². The molecule has 2 unspecified atom stereocenters. The van der Waals surface area contributed by atoms with Gasteiger partial charge >= 0.3 is 0 Å². The Hall–Kier alpha value is -1.66. The fraction of sp³-hybridized carbons (Fsp3) is 0.632. The van der Waals surface area contributed by atoms with E-state index in [1.54, 1.807) is 11.0 Å². The van der Waals surface area contributed by atoms with E-state index in [1.807, 2.05) is 6.92 Å². The molecule has 1 aromatic rings. The maximum Gasteiger partial charge on any atom is 0.229 e. The predicted molar refractivity (Wildman–Crippen MR) is 92.3 cm³/mol. The molecule has 138 valence electrons. The van der Waals surface area contributed by atoms with Crippen LogP contribution in [-0.2, 0) is 20.7 Å². The van der Waals surface area contributed by atoms with Crippen LogP contribution in [0.25, 0.3) is 0 Å². The second-order valence-electron chi connectivity index (χ2n) is 6.71. The smallest absolute Gasteiger partial charge is 0.229 e. The first-order chi connectivity index (χ1) is 12.1. The van der Waals surface area contributed by atoms with Crippen molar-refractivity contribution in [3.05, 3.63) is 23.5 Å². The van der Waals surface area contributed by atoms with Gasteiger partial charge in [-0.25, -0.2) is 4.39 Å². The maximum absolute atomic E-state index is 14.1. The zero-order valence-electron chi connectivity index (χ0n) is 14.9. The van der Waals surface area contributed by atoms with Crippen LogP contribution in [0.15, 0.2) is 12.1 Å². The summed E-state index contributed by atoms with van der Waals surface area (Å²) in [6.07, 6.45) is 4.26. The van der Waals surface area contributed by atoms with Crippen molar-refractivity contribution in [2.45, 2.75) is 45.3 Å². The van der Waals surface area contributed by atoms with E-state index in [0.29, 0.717) is 26.0 Å². The van der Waals surface area contributed by atoms with Gasteiger partial charge in [0.05, 0.1) is 19.4 Å². The number of carbonyl (C=O) groups is 1. The van der Waals surface area contributed by atoms with Crippen LogP contribution in [0.3, 0.4) is 0 Å². The molecular formula is C19H26FNO4. The van der Waals surface area contributed by atoms with E-state index < -0.39 is 5.82 Å². The lowest BCUT2D eigenvalue weighted by Crippen LogP contribution is -2.38. The number of carbonyl (C=O) groups excluding carboxylic acids is 1. The molecule has 0 radical (unpaired) electrons. The van der Waals surface area contributed by atoms with Gasteiger partial charge in [-0.1, -0.05) is 6.92 Å². The quantitative estimate of drug-likeness (QED) is 0.817. The number of ether oxygens (including phenoxy) is 3. The van der Waals surface area contributed by atoms with Gasteiger partial charge in [0.1, 0.15) is 0 Å². The van der Waals surface area contributed by atoms with Crippen molar-refractivity contribution in [3.63, 3.8) is 0 Å². The molecule has 0 N–H and O–H groups in total. The predicted octanol–water partition coefficient (Wildman–Crippen LogP) is 3.29. The number of hydrogen-bond acceptors (Lipinski definition) is 4. The summed E-state index contributed by atoms with van der Waals surface area (Å²) in [7, 11) is 1.43. The highest BCUT2D eigenvalue weighted by atomic mass is 19.1. The van der Waals surface area contributed by atoms with Crippen molar-refractivity contribution < 1.29 is 23.4 Å². The molecule has 0 saturated carbocycles. The van der Waals surface area contributed by atoms with Crippen molar-refractivity contribution in [1.29, 1.82) is 0 Å². The molecule has 0 aliphatic carbocycles. The number of fused-ring (bicyclic) bond motifs is 1. The lowest BCUT2D eigenvalue weighted by Gasteiger charge is -2.27. The standard InChI is InChI=1S/C19H26FNO4/c1-13-6-7-14-11-15(20)17(23-2)12-16(14)21(19(13)22)8-10-25-18-5-3-4-9-24-18/h11-13,18H,3-10H2,1-2H3. The van der Waals surface area contributed by atoms with Crippen LogP contribution in [0.4, 0.5) is 10.1 Å². The van der Waals surface area contributed by atoms with Gasteiger partial charge in [0.15, 0.2) is 17.9 Å². The largest absolute Gasteiger partial charge is 0.494 e. The SMILES string of the molecule is COc1cc2c(cc1F)CCC(C)C(=O)N2CCOC1CCCCO1. The van der Waals surface area contributed by atoms with Gasteiger partial charge in [-0.05, 0) is 43.7 Å². The van der Waals surface area contributed by atoms with E-state index in [9.17, 15) is 9.18 Å². The maximum atomic E-state index is 14.1. The van der Waals surface area contributed by atoms with Crippen molar-refractivity contribution in [2.75, 3.05) is 31.8 Å². The normalized spacial score (nSPS) is 24.0. The Balaban J connectivity index is 1.76. The second kappa shape index (κ2) is 8.15. The van der Waals surface area contributed by atoms with Crippen molar-refractivity contribution in [3.8, 4) is 5.75 Å². The Morgan fingerprint density at radius 3 is 2.88 bits per heavy atom. The number of amides is 1.